The zero-order valence-electron chi connectivity index (χ0n) is 14.3. The molecule has 0 saturated carbocycles. The molecule has 3 rings (SSSR count). The predicted molar refractivity (Wildman–Crippen MR) is 103 cm³/mol. The second kappa shape index (κ2) is 7.18. The smallest absolute Gasteiger partial charge is 0.326 e. The van der Waals surface area contributed by atoms with Crippen LogP contribution in [0.25, 0.3) is 23.1 Å². The van der Waals surface area contributed by atoms with Crippen molar-refractivity contribution in [1.82, 2.24) is 4.98 Å². The normalized spacial score (nSPS) is 12.4. The molecule has 1 unspecified atom stereocenters. The van der Waals surface area contributed by atoms with Gasteiger partial charge in [-0.3, -0.25) is 0 Å². The molecule has 25 heavy (non-hydrogen) atoms. The van der Waals surface area contributed by atoms with Gasteiger partial charge in [0, 0.05) is 18.1 Å². The number of carboxylic acids is 1. The monoisotopic (exact) mass is 332 g/mol. The van der Waals surface area contributed by atoms with Gasteiger partial charge in [0.25, 0.3) is 0 Å². The van der Waals surface area contributed by atoms with Crippen molar-refractivity contribution in [2.75, 3.05) is 11.9 Å². The van der Waals surface area contributed by atoms with Crippen LogP contribution >= 0.6 is 0 Å². The van der Waals surface area contributed by atoms with Crippen molar-refractivity contribution in [1.29, 1.82) is 0 Å². The number of anilines is 1. The van der Waals surface area contributed by atoms with Crippen LogP contribution < -0.4 is 4.90 Å². The number of carbonyl (C=O) groups is 1. The number of hydrogen-bond acceptors (Lipinski definition) is 3. The first-order valence-corrected chi connectivity index (χ1v) is 8.14. The number of carboxylic acid groups (broad SMARTS) is 1. The van der Waals surface area contributed by atoms with Gasteiger partial charge in [-0.2, -0.15) is 0 Å². The largest absolute Gasteiger partial charge is 0.480 e. The van der Waals surface area contributed by atoms with E-state index >= 15 is 0 Å². The summed E-state index contributed by atoms with van der Waals surface area (Å²) in [5, 5.41) is 10.2. The number of benzene rings is 2. The molecule has 2 aromatic carbocycles. The Morgan fingerprint density at radius 1 is 1.04 bits per heavy atom. The van der Waals surface area contributed by atoms with Crippen LogP contribution in [-0.4, -0.2) is 29.1 Å². The van der Waals surface area contributed by atoms with E-state index in [1.54, 1.807) is 18.9 Å². The van der Waals surface area contributed by atoms with Crippen molar-refractivity contribution < 1.29 is 9.90 Å². The van der Waals surface area contributed by atoms with Gasteiger partial charge in [0.2, 0.25) is 0 Å². The maximum Gasteiger partial charge on any atom is 0.326 e. The average Bonchev–Trinajstić information content (AvgIpc) is 2.65. The second-order valence-electron chi connectivity index (χ2n) is 5.98. The molecule has 1 atom stereocenters. The molecule has 0 radical (unpaired) electrons. The summed E-state index contributed by atoms with van der Waals surface area (Å²) in [6, 6.07) is 19.3. The van der Waals surface area contributed by atoms with Gasteiger partial charge in [0.05, 0.1) is 11.2 Å². The highest BCUT2D eigenvalue weighted by molar-refractivity contribution is 5.81. The molecule has 0 aliphatic carbocycles. The third-order valence-electron chi connectivity index (χ3n) is 4.31. The van der Waals surface area contributed by atoms with Crippen molar-refractivity contribution in [3.05, 3.63) is 71.9 Å². The van der Waals surface area contributed by atoms with Gasteiger partial charge >= 0.3 is 5.97 Å². The Kier molecular flexibility index (Phi) is 4.80. The molecule has 0 aliphatic heterocycles. The lowest BCUT2D eigenvalue weighted by molar-refractivity contribution is -0.138. The molecule has 4 heteroatoms. The summed E-state index contributed by atoms with van der Waals surface area (Å²) in [7, 11) is 1.78. The minimum atomic E-state index is -0.839. The van der Waals surface area contributed by atoms with E-state index in [0.29, 0.717) is 0 Å². The highest BCUT2D eigenvalue weighted by atomic mass is 16.4. The molecule has 1 N–H and O–H groups in total. The third kappa shape index (κ3) is 3.86. The lowest BCUT2D eigenvalue weighted by atomic mass is 10.1. The van der Waals surface area contributed by atoms with Crippen molar-refractivity contribution in [3.63, 3.8) is 0 Å². The van der Waals surface area contributed by atoms with E-state index in [1.165, 1.54) is 0 Å². The standard InChI is InChI=1S/C21H20N2O2/c1-15(21(24)25)23(2)19-13-8-16(9-14-19)7-11-18-12-10-17-5-3-4-6-20(17)22-18/h3-15H,1-2H3,(H,24,25). The number of aliphatic carboxylic acids is 1. The number of likely N-dealkylation sites (N-methyl/N-ethyl adjacent to an activating group) is 1. The number of rotatable bonds is 5. The Labute approximate surface area is 147 Å². The summed E-state index contributed by atoms with van der Waals surface area (Å²) in [5.74, 6) is -0.839. The zero-order chi connectivity index (χ0) is 17.8. The molecule has 0 aliphatic rings. The molecule has 126 valence electrons. The topological polar surface area (TPSA) is 53.4 Å². The SMILES string of the molecule is CC(C(=O)O)N(C)c1ccc(C=Cc2ccc3ccccc3n2)cc1. The molecule has 0 spiro atoms. The molecule has 1 aromatic heterocycles. The third-order valence-corrected chi connectivity index (χ3v) is 4.31. The molecular formula is C21H20N2O2. The fourth-order valence-corrected chi connectivity index (χ4v) is 2.57. The Bertz CT molecular complexity index is 917. The molecular weight excluding hydrogens is 312 g/mol. The predicted octanol–water partition coefficient (Wildman–Crippen LogP) is 4.31. The minimum absolute atomic E-state index is 0.566. The van der Waals surface area contributed by atoms with Gasteiger partial charge in [0.1, 0.15) is 6.04 Å². The number of para-hydroxylation sites is 1. The van der Waals surface area contributed by atoms with E-state index in [9.17, 15) is 4.79 Å². The van der Waals surface area contributed by atoms with E-state index in [-0.39, 0.29) is 0 Å². The van der Waals surface area contributed by atoms with Crippen molar-refractivity contribution >= 4 is 34.7 Å². The highest BCUT2D eigenvalue weighted by Gasteiger charge is 2.16. The number of hydrogen-bond donors (Lipinski definition) is 1. The molecule has 0 amide bonds. The number of fused-ring (bicyclic) bond motifs is 1. The summed E-state index contributed by atoms with van der Waals surface area (Å²) in [6.07, 6.45) is 3.98. The number of nitrogens with zero attached hydrogens (tertiary/aromatic N) is 2. The first kappa shape index (κ1) is 16.7. The first-order chi connectivity index (χ1) is 12.0. The summed E-state index contributed by atoms with van der Waals surface area (Å²) in [6.45, 7) is 1.67. The molecule has 1 heterocycles. The molecule has 3 aromatic rings. The Hall–Kier alpha value is -3.14. The molecule has 0 fully saturated rings. The van der Waals surface area contributed by atoms with Gasteiger partial charge in [0.15, 0.2) is 0 Å². The van der Waals surface area contributed by atoms with Crippen LogP contribution in [0.15, 0.2) is 60.7 Å². The summed E-state index contributed by atoms with van der Waals surface area (Å²) < 4.78 is 0. The van der Waals surface area contributed by atoms with Crippen LogP contribution in [0.1, 0.15) is 18.2 Å². The summed E-state index contributed by atoms with van der Waals surface area (Å²) in [4.78, 5) is 17.4. The van der Waals surface area contributed by atoms with Crippen molar-refractivity contribution in [2.45, 2.75) is 13.0 Å². The van der Waals surface area contributed by atoms with Gasteiger partial charge < -0.3 is 10.0 Å². The summed E-state index contributed by atoms with van der Waals surface area (Å²) >= 11 is 0. The van der Waals surface area contributed by atoms with Gasteiger partial charge in [-0.15, -0.1) is 0 Å². The molecule has 4 nitrogen and oxygen atoms in total. The van der Waals surface area contributed by atoms with Crippen LogP contribution in [0.3, 0.4) is 0 Å². The second-order valence-corrected chi connectivity index (χ2v) is 5.98. The Balaban J connectivity index is 1.76. The van der Waals surface area contributed by atoms with Gasteiger partial charge in [-0.05, 0) is 42.8 Å². The number of aromatic nitrogens is 1. The van der Waals surface area contributed by atoms with Crippen LogP contribution in [-0.2, 0) is 4.79 Å². The van der Waals surface area contributed by atoms with E-state index in [4.69, 9.17) is 5.11 Å². The van der Waals surface area contributed by atoms with E-state index in [2.05, 4.69) is 11.1 Å². The summed E-state index contributed by atoms with van der Waals surface area (Å²) in [5.41, 5.74) is 3.79. The van der Waals surface area contributed by atoms with Gasteiger partial charge in [-0.25, -0.2) is 9.78 Å². The average molecular weight is 332 g/mol. The maximum atomic E-state index is 11.1. The van der Waals surface area contributed by atoms with E-state index in [1.807, 2.05) is 66.7 Å². The zero-order valence-corrected chi connectivity index (χ0v) is 14.3. The van der Waals surface area contributed by atoms with Crippen LogP contribution in [0.2, 0.25) is 0 Å². The van der Waals surface area contributed by atoms with Crippen molar-refractivity contribution in [2.24, 2.45) is 0 Å². The maximum absolute atomic E-state index is 11.1. The fraction of sp³-hybridized carbons (Fsp3) is 0.143. The fourth-order valence-electron chi connectivity index (χ4n) is 2.57. The number of pyridine rings is 1. The minimum Gasteiger partial charge on any atom is -0.480 e. The van der Waals surface area contributed by atoms with Crippen LogP contribution in [0.4, 0.5) is 5.69 Å². The van der Waals surface area contributed by atoms with E-state index < -0.39 is 12.0 Å². The van der Waals surface area contributed by atoms with Crippen LogP contribution in [0.5, 0.6) is 0 Å². The molecule has 0 saturated heterocycles. The quantitative estimate of drug-likeness (QED) is 0.756. The lowest BCUT2D eigenvalue weighted by Gasteiger charge is -2.23. The van der Waals surface area contributed by atoms with Crippen molar-refractivity contribution in [3.8, 4) is 0 Å². The molecule has 0 bridgehead atoms. The van der Waals surface area contributed by atoms with E-state index in [0.717, 1.165) is 27.8 Å². The van der Waals surface area contributed by atoms with Gasteiger partial charge in [-0.1, -0.05) is 42.5 Å². The Morgan fingerprint density at radius 2 is 1.76 bits per heavy atom. The van der Waals surface area contributed by atoms with Crippen LogP contribution in [0, 0.1) is 0 Å². The lowest BCUT2D eigenvalue weighted by Crippen LogP contribution is -2.35. The Morgan fingerprint density at radius 3 is 2.48 bits per heavy atom. The first-order valence-electron chi connectivity index (χ1n) is 8.14. The highest BCUT2D eigenvalue weighted by Crippen LogP contribution is 2.18.